The van der Waals surface area contributed by atoms with Crippen molar-refractivity contribution in [2.45, 2.75) is 26.3 Å². The van der Waals surface area contributed by atoms with Crippen LogP contribution < -0.4 is 5.32 Å². The van der Waals surface area contributed by atoms with E-state index in [0.717, 1.165) is 22.5 Å². The van der Waals surface area contributed by atoms with E-state index in [1.54, 1.807) is 12.4 Å². The molecule has 0 bridgehead atoms. The van der Waals surface area contributed by atoms with Gasteiger partial charge in [0.2, 0.25) is 0 Å². The third kappa shape index (κ3) is 2.47. The fourth-order valence-electron chi connectivity index (χ4n) is 1.92. The van der Waals surface area contributed by atoms with Crippen molar-refractivity contribution in [2.24, 2.45) is 0 Å². The van der Waals surface area contributed by atoms with Gasteiger partial charge in [-0.25, -0.2) is 4.98 Å². The number of benzene rings is 1. The molecular formula is C15H17N5. The molecule has 20 heavy (non-hydrogen) atoms. The maximum absolute atomic E-state index is 4.53. The summed E-state index contributed by atoms with van der Waals surface area (Å²) < 4.78 is 1.92. The summed E-state index contributed by atoms with van der Waals surface area (Å²) in [4.78, 5) is 8.91. The Kier molecular flexibility index (Phi) is 2.89. The monoisotopic (exact) mass is 267 g/mol. The SMILES string of the molecule is CC(C)(C)n1cc(Nc2cnc3ccccc3n2)cn1. The highest BCUT2D eigenvalue weighted by atomic mass is 15.3. The molecule has 0 saturated heterocycles. The van der Waals surface area contributed by atoms with Crippen LogP contribution in [0.15, 0.2) is 42.9 Å². The average molecular weight is 267 g/mol. The van der Waals surface area contributed by atoms with Crippen molar-refractivity contribution >= 4 is 22.5 Å². The van der Waals surface area contributed by atoms with Gasteiger partial charge in [0.1, 0.15) is 5.82 Å². The maximum Gasteiger partial charge on any atom is 0.149 e. The van der Waals surface area contributed by atoms with Crippen molar-refractivity contribution in [2.75, 3.05) is 5.32 Å². The Morgan fingerprint density at radius 2 is 1.80 bits per heavy atom. The number of anilines is 2. The number of para-hydroxylation sites is 2. The molecule has 0 aliphatic heterocycles. The van der Waals surface area contributed by atoms with Crippen LogP contribution in [0.2, 0.25) is 0 Å². The highest BCUT2D eigenvalue weighted by molar-refractivity contribution is 5.75. The number of fused-ring (bicyclic) bond motifs is 1. The Balaban J connectivity index is 1.87. The quantitative estimate of drug-likeness (QED) is 0.773. The second kappa shape index (κ2) is 4.59. The summed E-state index contributed by atoms with van der Waals surface area (Å²) in [7, 11) is 0. The van der Waals surface area contributed by atoms with Crippen LogP contribution in [0.3, 0.4) is 0 Å². The first-order chi connectivity index (χ1) is 9.52. The molecule has 0 fully saturated rings. The Morgan fingerprint density at radius 1 is 1.05 bits per heavy atom. The van der Waals surface area contributed by atoms with E-state index in [1.165, 1.54) is 0 Å². The van der Waals surface area contributed by atoms with Crippen molar-refractivity contribution < 1.29 is 0 Å². The van der Waals surface area contributed by atoms with Gasteiger partial charge in [-0.3, -0.25) is 9.67 Å². The molecule has 0 saturated carbocycles. The molecule has 0 spiro atoms. The van der Waals surface area contributed by atoms with Gasteiger partial charge >= 0.3 is 0 Å². The van der Waals surface area contributed by atoms with E-state index in [-0.39, 0.29) is 5.54 Å². The molecule has 3 rings (SSSR count). The first-order valence-corrected chi connectivity index (χ1v) is 6.56. The Bertz CT molecular complexity index is 739. The Hall–Kier alpha value is -2.43. The predicted molar refractivity (Wildman–Crippen MR) is 80.0 cm³/mol. The van der Waals surface area contributed by atoms with Crippen LogP contribution in [0.25, 0.3) is 11.0 Å². The van der Waals surface area contributed by atoms with Gasteiger partial charge in [-0.1, -0.05) is 12.1 Å². The van der Waals surface area contributed by atoms with Gasteiger partial charge in [-0.15, -0.1) is 0 Å². The van der Waals surface area contributed by atoms with E-state index in [4.69, 9.17) is 0 Å². The van der Waals surface area contributed by atoms with Crippen LogP contribution in [0.1, 0.15) is 20.8 Å². The van der Waals surface area contributed by atoms with Gasteiger partial charge in [0.25, 0.3) is 0 Å². The molecule has 5 heteroatoms. The third-order valence-corrected chi connectivity index (χ3v) is 2.99. The lowest BCUT2D eigenvalue weighted by Gasteiger charge is -2.18. The second-order valence-electron chi connectivity index (χ2n) is 5.71. The van der Waals surface area contributed by atoms with Crippen LogP contribution in [0.5, 0.6) is 0 Å². The topological polar surface area (TPSA) is 55.6 Å². The van der Waals surface area contributed by atoms with Gasteiger partial charge in [-0.2, -0.15) is 5.10 Å². The van der Waals surface area contributed by atoms with Crippen molar-refractivity contribution in [3.05, 3.63) is 42.9 Å². The smallest absolute Gasteiger partial charge is 0.149 e. The number of nitrogens with zero attached hydrogens (tertiary/aromatic N) is 4. The van der Waals surface area contributed by atoms with Crippen molar-refractivity contribution in [3.63, 3.8) is 0 Å². The Morgan fingerprint density at radius 3 is 2.50 bits per heavy atom. The first-order valence-electron chi connectivity index (χ1n) is 6.56. The van der Waals surface area contributed by atoms with Crippen LogP contribution in [-0.4, -0.2) is 19.7 Å². The lowest BCUT2D eigenvalue weighted by Crippen LogP contribution is -2.21. The zero-order chi connectivity index (χ0) is 14.2. The summed E-state index contributed by atoms with van der Waals surface area (Å²) >= 11 is 0. The van der Waals surface area contributed by atoms with Gasteiger partial charge in [0, 0.05) is 6.20 Å². The average Bonchev–Trinajstić information content (AvgIpc) is 2.87. The molecule has 5 nitrogen and oxygen atoms in total. The molecule has 0 aliphatic carbocycles. The molecule has 2 heterocycles. The third-order valence-electron chi connectivity index (χ3n) is 2.99. The molecule has 3 aromatic rings. The molecule has 0 unspecified atom stereocenters. The molecular weight excluding hydrogens is 250 g/mol. The summed E-state index contributed by atoms with van der Waals surface area (Å²) in [6.45, 7) is 6.33. The predicted octanol–water partition coefficient (Wildman–Crippen LogP) is 3.32. The molecule has 0 radical (unpaired) electrons. The summed E-state index contributed by atoms with van der Waals surface area (Å²) in [5.74, 6) is 0.720. The van der Waals surface area contributed by atoms with E-state index in [0.29, 0.717) is 0 Å². The van der Waals surface area contributed by atoms with E-state index in [1.807, 2.05) is 35.1 Å². The molecule has 0 amide bonds. The summed E-state index contributed by atoms with van der Waals surface area (Å²) in [5, 5.41) is 7.58. The lowest BCUT2D eigenvalue weighted by molar-refractivity contribution is 0.355. The number of nitrogens with one attached hydrogen (secondary N) is 1. The minimum atomic E-state index is -0.0327. The Labute approximate surface area is 117 Å². The first kappa shape index (κ1) is 12.6. The molecule has 0 atom stereocenters. The minimum absolute atomic E-state index is 0.0327. The second-order valence-corrected chi connectivity index (χ2v) is 5.71. The van der Waals surface area contributed by atoms with E-state index >= 15 is 0 Å². The summed E-state index contributed by atoms with van der Waals surface area (Å²) in [6, 6.07) is 7.81. The highest BCUT2D eigenvalue weighted by Gasteiger charge is 2.14. The zero-order valence-corrected chi connectivity index (χ0v) is 11.8. The lowest BCUT2D eigenvalue weighted by atomic mass is 10.1. The largest absolute Gasteiger partial charge is 0.336 e. The van der Waals surface area contributed by atoms with Crippen molar-refractivity contribution in [1.82, 2.24) is 19.7 Å². The van der Waals surface area contributed by atoms with Gasteiger partial charge in [0.15, 0.2) is 0 Å². The van der Waals surface area contributed by atoms with Crippen LogP contribution in [-0.2, 0) is 5.54 Å². The normalized spacial score (nSPS) is 11.8. The van der Waals surface area contributed by atoms with Crippen molar-refractivity contribution in [3.8, 4) is 0 Å². The summed E-state index contributed by atoms with van der Waals surface area (Å²) in [6.07, 6.45) is 5.50. The number of aromatic nitrogens is 4. The van der Waals surface area contributed by atoms with E-state index in [9.17, 15) is 0 Å². The van der Waals surface area contributed by atoms with Gasteiger partial charge < -0.3 is 5.32 Å². The molecule has 1 N–H and O–H groups in total. The number of hydrogen-bond acceptors (Lipinski definition) is 4. The molecule has 1 aromatic carbocycles. The van der Waals surface area contributed by atoms with Crippen LogP contribution in [0.4, 0.5) is 11.5 Å². The number of rotatable bonds is 2. The summed E-state index contributed by atoms with van der Waals surface area (Å²) in [5.41, 5.74) is 2.64. The fraction of sp³-hybridized carbons (Fsp3) is 0.267. The van der Waals surface area contributed by atoms with Crippen LogP contribution in [0, 0.1) is 0 Å². The highest BCUT2D eigenvalue weighted by Crippen LogP contribution is 2.19. The molecule has 102 valence electrons. The zero-order valence-electron chi connectivity index (χ0n) is 11.8. The van der Waals surface area contributed by atoms with E-state index in [2.05, 4.69) is 41.2 Å². The standard InChI is InChI=1S/C15H17N5/c1-15(2,3)20-10-11(8-17-20)18-14-9-16-12-6-4-5-7-13(12)19-14/h4-10H,1-3H3,(H,18,19). The van der Waals surface area contributed by atoms with Gasteiger partial charge in [-0.05, 0) is 32.9 Å². The molecule has 0 aliphatic rings. The van der Waals surface area contributed by atoms with E-state index < -0.39 is 0 Å². The van der Waals surface area contributed by atoms with Crippen LogP contribution >= 0.6 is 0 Å². The molecule has 2 aromatic heterocycles. The fourth-order valence-corrected chi connectivity index (χ4v) is 1.92. The minimum Gasteiger partial charge on any atom is -0.336 e. The van der Waals surface area contributed by atoms with Gasteiger partial charge in [0.05, 0.1) is 34.7 Å². The maximum atomic E-state index is 4.53. The number of hydrogen-bond donors (Lipinski definition) is 1. The van der Waals surface area contributed by atoms with Crippen molar-refractivity contribution in [1.29, 1.82) is 0 Å².